The summed E-state index contributed by atoms with van der Waals surface area (Å²) in [6.45, 7) is 4.20. The van der Waals surface area contributed by atoms with Crippen molar-refractivity contribution < 1.29 is 13.2 Å². The molecule has 0 saturated carbocycles. The molecule has 1 aliphatic rings. The minimum atomic E-state index is -3.62. The molecule has 1 unspecified atom stereocenters. The molecule has 3 rings (SSSR count). The molecule has 0 bridgehead atoms. The van der Waals surface area contributed by atoms with Gasteiger partial charge >= 0.3 is 0 Å². The Balaban J connectivity index is 1.81. The molecule has 2 aromatic rings. The van der Waals surface area contributed by atoms with Gasteiger partial charge in [-0.25, -0.2) is 8.42 Å². The number of benzene rings is 1. The van der Waals surface area contributed by atoms with Gasteiger partial charge in [-0.05, 0) is 56.5 Å². The zero-order chi connectivity index (χ0) is 17.3. The number of hydrogen-bond donors (Lipinski definition) is 1. The molecule has 1 amide bonds. The van der Waals surface area contributed by atoms with Crippen LogP contribution in [-0.2, 0) is 14.8 Å². The number of nitrogens with zero attached hydrogens (tertiary/aromatic N) is 1. The molecule has 1 fully saturated rings. The summed E-state index contributed by atoms with van der Waals surface area (Å²) in [7, 11) is -3.62. The average molecular weight is 364 g/mol. The van der Waals surface area contributed by atoms with E-state index in [1.165, 1.54) is 15.6 Å². The molecule has 1 aromatic carbocycles. The standard InChI is InChI=1S/C17H20N2O3S2/c1-12-5-3-6-14(11-12)18-17(20)15-7-4-10-19(15)24(21,22)16-9-8-13(2)23-16/h3,5-6,8-9,11,15H,4,7,10H2,1-2H3,(H,18,20). The van der Waals surface area contributed by atoms with E-state index in [9.17, 15) is 13.2 Å². The van der Waals surface area contributed by atoms with Gasteiger partial charge in [0.1, 0.15) is 10.3 Å². The maximum atomic E-state index is 12.8. The van der Waals surface area contributed by atoms with Crippen molar-refractivity contribution in [2.24, 2.45) is 0 Å². The fourth-order valence-corrected chi connectivity index (χ4v) is 5.97. The summed E-state index contributed by atoms with van der Waals surface area (Å²) in [5.41, 5.74) is 1.73. The Morgan fingerprint density at radius 3 is 2.71 bits per heavy atom. The van der Waals surface area contributed by atoms with Gasteiger partial charge < -0.3 is 5.32 Å². The summed E-state index contributed by atoms with van der Waals surface area (Å²) in [4.78, 5) is 13.5. The van der Waals surface area contributed by atoms with E-state index in [-0.39, 0.29) is 5.91 Å². The molecular formula is C17H20N2O3S2. The summed E-state index contributed by atoms with van der Waals surface area (Å²) in [5.74, 6) is -0.269. The Morgan fingerprint density at radius 2 is 2.04 bits per heavy atom. The zero-order valence-corrected chi connectivity index (χ0v) is 15.3. The Kier molecular flexibility index (Phi) is 4.76. The minimum Gasteiger partial charge on any atom is -0.325 e. The molecular weight excluding hydrogens is 344 g/mol. The lowest BCUT2D eigenvalue weighted by Gasteiger charge is -2.22. The molecule has 1 N–H and O–H groups in total. The summed E-state index contributed by atoms with van der Waals surface area (Å²) in [5, 5.41) is 2.84. The van der Waals surface area contributed by atoms with Crippen LogP contribution in [0.15, 0.2) is 40.6 Å². The van der Waals surface area contributed by atoms with Crippen LogP contribution in [-0.4, -0.2) is 31.2 Å². The molecule has 0 aliphatic carbocycles. The number of carbonyl (C=O) groups is 1. The molecule has 0 spiro atoms. The van der Waals surface area contributed by atoms with Gasteiger partial charge in [-0.2, -0.15) is 4.31 Å². The quantitative estimate of drug-likeness (QED) is 0.906. The molecule has 1 saturated heterocycles. The fraction of sp³-hybridized carbons (Fsp3) is 0.353. The Morgan fingerprint density at radius 1 is 1.25 bits per heavy atom. The van der Waals surface area contributed by atoms with Crippen LogP contribution in [0, 0.1) is 13.8 Å². The van der Waals surface area contributed by atoms with E-state index in [1.807, 2.05) is 32.0 Å². The lowest BCUT2D eigenvalue weighted by atomic mass is 10.2. The van der Waals surface area contributed by atoms with Crippen molar-refractivity contribution in [2.75, 3.05) is 11.9 Å². The number of amides is 1. The van der Waals surface area contributed by atoms with Crippen LogP contribution in [0.2, 0.25) is 0 Å². The molecule has 5 nitrogen and oxygen atoms in total. The van der Waals surface area contributed by atoms with Gasteiger partial charge in [0.25, 0.3) is 10.0 Å². The van der Waals surface area contributed by atoms with Gasteiger partial charge in [0.15, 0.2) is 0 Å². The number of sulfonamides is 1. The van der Waals surface area contributed by atoms with Crippen molar-refractivity contribution in [3.05, 3.63) is 46.8 Å². The van der Waals surface area contributed by atoms with Gasteiger partial charge in [0.05, 0.1) is 0 Å². The number of aryl methyl sites for hydroxylation is 2. The molecule has 1 aromatic heterocycles. The second kappa shape index (κ2) is 6.66. The number of hydrogen-bond acceptors (Lipinski definition) is 4. The number of anilines is 1. The van der Waals surface area contributed by atoms with Crippen LogP contribution >= 0.6 is 11.3 Å². The first-order valence-electron chi connectivity index (χ1n) is 7.84. The fourth-order valence-electron chi connectivity index (χ4n) is 2.90. The van der Waals surface area contributed by atoms with Crippen molar-refractivity contribution in [3.8, 4) is 0 Å². The lowest BCUT2D eigenvalue weighted by Crippen LogP contribution is -2.42. The van der Waals surface area contributed by atoms with Gasteiger partial charge in [0, 0.05) is 17.1 Å². The van der Waals surface area contributed by atoms with Gasteiger partial charge in [-0.15, -0.1) is 11.3 Å². The smallest absolute Gasteiger partial charge is 0.253 e. The third kappa shape index (κ3) is 3.38. The highest BCUT2D eigenvalue weighted by molar-refractivity contribution is 7.91. The van der Waals surface area contributed by atoms with Crippen molar-refractivity contribution in [3.63, 3.8) is 0 Å². The Labute approximate surface area is 146 Å². The van der Waals surface area contributed by atoms with E-state index >= 15 is 0 Å². The van der Waals surface area contributed by atoms with Crippen molar-refractivity contribution in [1.29, 1.82) is 0 Å². The summed E-state index contributed by atoms with van der Waals surface area (Å²) >= 11 is 1.24. The predicted octanol–water partition coefficient (Wildman–Crippen LogP) is 3.16. The molecule has 128 valence electrons. The van der Waals surface area contributed by atoms with Gasteiger partial charge in [0.2, 0.25) is 5.91 Å². The van der Waals surface area contributed by atoms with E-state index in [0.29, 0.717) is 29.3 Å². The molecule has 0 radical (unpaired) electrons. The Bertz CT molecular complexity index is 858. The third-order valence-electron chi connectivity index (χ3n) is 4.07. The number of nitrogens with one attached hydrogen (secondary N) is 1. The molecule has 1 atom stereocenters. The minimum absolute atomic E-state index is 0.269. The highest BCUT2D eigenvalue weighted by atomic mass is 32.2. The molecule has 7 heteroatoms. The SMILES string of the molecule is Cc1cccc(NC(=O)C2CCCN2S(=O)(=O)c2ccc(C)s2)c1. The van der Waals surface area contributed by atoms with E-state index in [1.54, 1.807) is 18.2 Å². The van der Waals surface area contributed by atoms with E-state index in [0.717, 1.165) is 10.4 Å². The maximum Gasteiger partial charge on any atom is 0.253 e. The first kappa shape index (κ1) is 17.1. The van der Waals surface area contributed by atoms with Gasteiger partial charge in [-0.3, -0.25) is 4.79 Å². The summed E-state index contributed by atoms with van der Waals surface area (Å²) in [6.07, 6.45) is 1.23. The van der Waals surface area contributed by atoms with Crippen LogP contribution in [0.5, 0.6) is 0 Å². The highest BCUT2D eigenvalue weighted by Crippen LogP contribution is 2.30. The van der Waals surface area contributed by atoms with Crippen LogP contribution < -0.4 is 5.32 Å². The lowest BCUT2D eigenvalue weighted by molar-refractivity contribution is -0.119. The largest absolute Gasteiger partial charge is 0.325 e. The Hall–Kier alpha value is -1.70. The monoisotopic (exact) mass is 364 g/mol. The van der Waals surface area contributed by atoms with Crippen LogP contribution in [0.1, 0.15) is 23.3 Å². The molecule has 1 aliphatic heterocycles. The van der Waals surface area contributed by atoms with Crippen LogP contribution in [0.4, 0.5) is 5.69 Å². The second-order valence-electron chi connectivity index (χ2n) is 6.00. The zero-order valence-electron chi connectivity index (χ0n) is 13.7. The van der Waals surface area contributed by atoms with Crippen molar-refractivity contribution in [2.45, 2.75) is 36.9 Å². The molecule has 2 heterocycles. The van der Waals surface area contributed by atoms with E-state index < -0.39 is 16.1 Å². The summed E-state index contributed by atoms with van der Waals surface area (Å²) < 4.78 is 27.3. The average Bonchev–Trinajstić information content (AvgIpc) is 3.16. The normalized spacial score (nSPS) is 18.7. The number of carbonyl (C=O) groups excluding carboxylic acids is 1. The van der Waals surface area contributed by atoms with Crippen molar-refractivity contribution >= 4 is 33.0 Å². The van der Waals surface area contributed by atoms with Gasteiger partial charge in [-0.1, -0.05) is 12.1 Å². The predicted molar refractivity (Wildman–Crippen MR) is 95.8 cm³/mol. The highest BCUT2D eigenvalue weighted by Gasteiger charge is 2.40. The van der Waals surface area contributed by atoms with Crippen LogP contribution in [0.3, 0.4) is 0 Å². The van der Waals surface area contributed by atoms with Crippen LogP contribution in [0.25, 0.3) is 0 Å². The third-order valence-corrected chi connectivity index (χ3v) is 7.45. The number of thiophene rings is 1. The first-order chi connectivity index (χ1) is 11.4. The summed E-state index contributed by atoms with van der Waals surface area (Å²) in [6, 6.07) is 10.2. The maximum absolute atomic E-state index is 12.8. The second-order valence-corrected chi connectivity index (χ2v) is 9.40. The number of rotatable bonds is 4. The first-order valence-corrected chi connectivity index (χ1v) is 10.1. The van der Waals surface area contributed by atoms with E-state index in [2.05, 4.69) is 5.32 Å². The molecule has 24 heavy (non-hydrogen) atoms. The van der Waals surface area contributed by atoms with E-state index in [4.69, 9.17) is 0 Å². The topological polar surface area (TPSA) is 66.5 Å². The van der Waals surface area contributed by atoms with Crippen molar-refractivity contribution in [1.82, 2.24) is 4.31 Å².